The monoisotopic (exact) mass is 338 g/mol. The van der Waals surface area contributed by atoms with E-state index in [0.717, 1.165) is 33.4 Å². The molecule has 0 amide bonds. The second-order valence-corrected chi connectivity index (χ2v) is 6.22. The molecule has 0 atom stereocenters. The van der Waals surface area contributed by atoms with Gasteiger partial charge in [0.25, 0.3) is 0 Å². The molecular weight excluding hydrogens is 320 g/mol. The van der Waals surface area contributed by atoms with Crippen molar-refractivity contribution in [2.45, 2.75) is 0 Å². The summed E-state index contributed by atoms with van der Waals surface area (Å²) in [5, 5.41) is 19.2. The molecule has 2 heteroatoms. The standard InChI is InChI=1S/C24H18O2/c25-21-11-6-17(7-12-21)20-10-15-23(18-4-2-1-3-5-18)24(16-20)19-8-13-22(26)14-9-19/h1-16,25-26H. The van der Waals surface area contributed by atoms with E-state index in [1.807, 2.05) is 42.5 Å². The lowest BCUT2D eigenvalue weighted by Crippen LogP contribution is -1.87. The number of benzene rings is 4. The lowest BCUT2D eigenvalue weighted by Gasteiger charge is -2.13. The molecule has 2 nitrogen and oxygen atoms in total. The minimum Gasteiger partial charge on any atom is -0.508 e. The fraction of sp³-hybridized carbons (Fsp3) is 0. The van der Waals surface area contributed by atoms with Crippen molar-refractivity contribution < 1.29 is 10.2 Å². The van der Waals surface area contributed by atoms with Gasteiger partial charge in [-0.1, -0.05) is 66.7 Å². The average molecular weight is 338 g/mol. The first kappa shape index (κ1) is 16.0. The number of aromatic hydroxyl groups is 2. The Bertz CT molecular complexity index is 1020. The molecule has 126 valence electrons. The van der Waals surface area contributed by atoms with Crippen LogP contribution in [-0.4, -0.2) is 10.2 Å². The third-order valence-corrected chi connectivity index (χ3v) is 4.48. The molecule has 0 bridgehead atoms. The fourth-order valence-corrected chi connectivity index (χ4v) is 3.13. The molecule has 0 aromatic heterocycles. The third-order valence-electron chi connectivity index (χ3n) is 4.48. The van der Waals surface area contributed by atoms with E-state index in [4.69, 9.17) is 0 Å². The molecule has 4 aromatic carbocycles. The van der Waals surface area contributed by atoms with Crippen LogP contribution in [0, 0.1) is 0 Å². The Labute approximate surface area is 152 Å². The van der Waals surface area contributed by atoms with E-state index in [2.05, 4.69) is 30.3 Å². The summed E-state index contributed by atoms with van der Waals surface area (Å²) in [5.74, 6) is 0.512. The van der Waals surface area contributed by atoms with Gasteiger partial charge < -0.3 is 10.2 Å². The topological polar surface area (TPSA) is 40.5 Å². The molecule has 2 N–H and O–H groups in total. The van der Waals surface area contributed by atoms with Crippen LogP contribution in [0.2, 0.25) is 0 Å². The molecule has 26 heavy (non-hydrogen) atoms. The minimum absolute atomic E-state index is 0.254. The predicted molar refractivity (Wildman–Crippen MR) is 106 cm³/mol. The minimum atomic E-state index is 0.254. The summed E-state index contributed by atoms with van der Waals surface area (Å²) in [4.78, 5) is 0. The van der Waals surface area contributed by atoms with Gasteiger partial charge in [0, 0.05) is 0 Å². The molecule has 0 spiro atoms. The van der Waals surface area contributed by atoms with E-state index in [0.29, 0.717) is 0 Å². The summed E-state index contributed by atoms with van der Waals surface area (Å²) in [7, 11) is 0. The van der Waals surface area contributed by atoms with Gasteiger partial charge in [-0.15, -0.1) is 0 Å². The van der Waals surface area contributed by atoms with Gasteiger partial charge in [0.15, 0.2) is 0 Å². The Morgan fingerprint density at radius 2 is 0.885 bits per heavy atom. The largest absolute Gasteiger partial charge is 0.508 e. The van der Waals surface area contributed by atoms with Crippen molar-refractivity contribution in [3.63, 3.8) is 0 Å². The number of hydrogen-bond acceptors (Lipinski definition) is 2. The number of phenols is 2. The van der Waals surface area contributed by atoms with Gasteiger partial charge in [-0.2, -0.15) is 0 Å². The van der Waals surface area contributed by atoms with Crippen LogP contribution in [-0.2, 0) is 0 Å². The van der Waals surface area contributed by atoms with Crippen LogP contribution in [0.3, 0.4) is 0 Å². The summed E-state index contributed by atoms with van der Waals surface area (Å²) >= 11 is 0. The SMILES string of the molecule is Oc1ccc(-c2ccc(-c3ccccc3)c(-c3ccc(O)cc3)c2)cc1. The van der Waals surface area contributed by atoms with Gasteiger partial charge >= 0.3 is 0 Å². The summed E-state index contributed by atoms with van der Waals surface area (Å²) in [6, 6.07) is 31.1. The number of phenolic OH excluding ortho intramolecular Hbond substituents is 2. The Hall–Kier alpha value is -3.52. The molecular formula is C24H18O2. The molecule has 0 unspecified atom stereocenters. The smallest absolute Gasteiger partial charge is 0.115 e. The van der Waals surface area contributed by atoms with E-state index in [-0.39, 0.29) is 11.5 Å². The highest BCUT2D eigenvalue weighted by atomic mass is 16.3. The summed E-state index contributed by atoms with van der Waals surface area (Å²) in [6.07, 6.45) is 0. The molecule has 0 fully saturated rings. The average Bonchev–Trinajstić information content (AvgIpc) is 2.69. The van der Waals surface area contributed by atoms with Crippen molar-refractivity contribution in [3.8, 4) is 44.9 Å². The van der Waals surface area contributed by atoms with E-state index in [1.54, 1.807) is 24.3 Å². The normalized spacial score (nSPS) is 10.6. The van der Waals surface area contributed by atoms with Crippen LogP contribution in [0.1, 0.15) is 0 Å². The zero-order valence-corrected chi connectivity index (χ0v) is 14.1. The van der Waals surface area contributed by atoms with Crippen LogP contribution in [0.4, 0.5) is 0 Å². The Morgan fingerprint density at radius 1 is 0.385 bits per heavy atom. The highest BCUT2D eigenvalue weighted by Gasteiger charge is 2.10. The van der Waals surface area contributed by atoms with Gasteiger partial charge in [-0.25, -0.2) is 0 Å². The molecule has 4 aromatic rings. The molecule has 0 aliphatic heterocycles. The first-order chi connectivity index (χ1) is 12.7. The molecule has 0 saturated heterocycles. The van der Waals surface area contributed by atoms with Gasteiger partial charge in [0.05, 0.1) is 0 Å². The second kappa shape index (κ2) is 6.77. The molecule has 0 heterocycles. The van der Waals surface area contributed by atoms with Crippen LogP contribution < -0.4 is 0 Å². The molecule has 0 saturated carbocycles. The van der Waals surface area contributed by atoms with Crippen molar-refractivity contribution in [1.29, 1.82) is 0 Å². The Balaban J connectivity index is 1.90. The van der Waals surface area contributed by atoms with Gasteiger partial charge in [0.2, 0.25) is 0 Å². The highest BCUT2D eigenvalue weighted by Crippen LogP contribution is 2.36. The van der Waals surface area contributed by atoms with Crippen LogP contribution >= 0.6 is 0 Å². The van der Waals surface area contributed by atoms with E-state index in [1.165, 1.54) is 0 Å². The zero-order chi connectivity index (χ0) is 17.9. The first-order valence-electron chi connectivity index (χ1n) is 8.49. The number of rotatable bonds is 3. The lowest BCUT2D eigenvalue weighted by molar-refractivity contribution is 0.475. The molecule has 0 aliphatic carbocycles. The molecule has 0 radical (unpaired) electrons. The molecule has 0 aliphatic rings. The van der Waals surface area contributed by atoms with Crippen molar-refractivity contribution in [2.24, 2.45) is 0 Å². The Morgan fingerprint density at radius 3 is 1.50 bits per heavy atom. The van der Waals surface area contributed by atoms with Crippen molar-refractivity contribution in [1.82, 2.24) is 0 Å². The predicted octanol–water partition coefficient (Wildman–Crippen LogP) is 6.10. The number of hydrogen-bond donors (Lipinski definition) is 2. The third kappa shape index (κ3) is 3.17. The van der Waals surface area contributed by atoms with Crippen molar-refractivity contribution in [3.05, 3.63) is 97.1 Å². The highest BCUT2D eigenvalue weighted by molar-refractivity contribution is 5.87. The maximum Gasteiger partial charge on any atom is 0.115 e. The zero-order valence-electron chi connectivity index (χ0n) is 14.1. The maximum atomic E-state index is 9.62. The molecule has 4 rings (SSSR count). The van der Waals surface area contributed by atoms with Gasteiger partial charge in [-0.3, -0.25) is 0 Å². The van der Waals surface area contributed by atoms with E-state index >= 15 is 0 Å². The summed E-state index contributed by atoms with van der Waals surface area (Å²) < 4.78 is 0. The van der Waals surface area contributed by atoms with E-state index < -0.39 is 0 Å². The summed E-state index contributed by atoms with van der Waals surface area (Å²) in [6.45, 7) is 0. The second-order valence-electron chi connectivity index (χ2n) is 6.22. The van der Waals surface area contributed by atoms with Crippen molar-refractivity contribution >= 4 is 0 Å². The van der Waals surface area contributed by atoms with Gasteiger partial charge in [0.1, 0.15) is 11.5 Å². The van der Waals surface area contributed by atoms with Crippen LogP contribution in [0.25, 0.3) is 33.4 Å². The van der Waals surface area contributed by atoms with Crippen LogP contribution in [0.5, 0.6) is 11.5 Å². The van der Waals surface area contributed by atoms with Crippen molar-refractivity contribution in [2.75, 3.05) is 0 Å². The first-order valence-corrected chi connectivity index (χ1v) is 8.49. The quantitative estimate of drug-likeness (QED) is 0.474. The maximum absolute atomic E-state index is 9.62. The lowest BCUT2D eigenvalue weighted by atomic mass is 9.91. The van der Waals surface area contributed by atoms with Gasteiger partial charge in [-0.05, 0) is 63.7 Å². The summed E-state index contributed by atoms with van der Waals surface area (Å²) in [5.41, 5.74) is 6.55. The van der Waals surface area contributed by atoms with E-state index in [9.17, 15) is 10.2 Å². The fourth-order valence-electron chi connectivity index (χ4n) is 3.13. The Kier molecular flexibility index (Phi) is 4.16. The van der Waals surface area contributed by atoms with Crippen LogP contribution in [0.15, 0.2) is 97.1 Å².